The second-order valence-corrected chi connectivity index (χ2v) is 8.41. The van der Waals surface area contributed by atoms with Crippen LogP contribution < -0.4 is 5.56 Å². The zero-order chi connectivity index (χ0) is 23.5. The SMILES string of the molecule is O=C(c1cc(=O)[nH]c(-c2ccccc2)n1)N1CCC[C@@H](c2ncc(Cc3cccc(F)c3)o2)C1. The molecule has 4 aromatic rings. The van der Waals surface area contributed by atoms with Crippen LogP contribution in [0.5, 0.6) is 0 Å². The summed E-state index contributed by atoms with van der Waals surface area (Å²) in [7, 11) is 0. The molecule has 1 fully saturated rings. The van der Waals surface area contributed by atoms with Crippen molar-refractivity contribution in [3.63, 3.8) is 0 Å². The number of nitrogens with zero attached hydrogens (tertiary/aromatic N) is 3. The van der Waals surface area contributed by atoms with Gasteiger partial charge in [0.05, 0.1) is 12.1 Å². The number of amides is 1. The number of H-pyrrole nitrogens is 1. The van der Waals surface area contributed by atoms with Crippen LogP contribution >= 0.6 is 0 Å². The number of hydrogen-bond donors (Lipinski definition) is 1. The number of aromatic nitrogens is 3. The van der Waals surface area contributed by atoms with Crippen LogP contribution in [-0.2, 0) is 6.42 Å². The molecule has 7 nitrogen and oxygen atoms in total. The Morgan fingerprint density at radius 1 is 1.15 bits per heavy atom. The molecule has 0 saturated carbocycles. The minimum Gasteiger partial charge on any atom is -0.445 e. The Bertz CT molecular complexity index is 1370. The van der Waals surface area contributed by atoms with Gasteiger partial charge in [-0.05, 0) is 30.5 Å². The Balaban J connectivity index is 1.31. The van der Waals surface area contributed by atoms with Crippen LogP contribution in [0.15, 0.2) is 76.1 Å². The molecule has 0 aliphatic carbocycles. The molecule has 2 aromatic heterocycles. The average molecular weight is 458 g/mol. The largest absolute Gasteiger partial charge is 0.445 e. The van der Waals surface area contributed by atoms with Crippen LogP contribution in [-0.4, -0.2) is 38.8 Å². The van der Waals surface area contributed by atoms with Crippen molar-refractivity contribution in [2.24, 2.45) is 0 Å². The Hall–Kier alpha value is -4.07. The third kappa shape index (κ3) is 4.80. The standard InChI is InChI=1S/C26H23FN4O3/c27-20-10-4-6-17(12-20)13-21-15-28-25(34-21)19-9-5-11-31(16-19)26(33)22-14-23(32)30-24(29-22)18-7-2-1-3-8-18/h1-4,6-8,10,12,14-15,19H,5,9,11,13,16H2,(H,29,30,32)/t19-/m1/s1. The van der Waals surface area contributed by atoms with Gasteiger partial charge in [0.15, 0.2) is 5.89 Å². The summed E-state index contributed by atoms with van der Waals surface area (Å²) in [6.45, 7) is 0.995. The van der Waals surface area contributed by atoms with Crippen LogP contribution in [0.4, 0.5) is 4.39 Å². The van der Waals surface area contributed by atoms with Gasteiger partial charge in [0.25, 0.3) is 11.5 Å². The van der Waals surface area contributed by atoms with Crippen molar-refractivity contribution in [1.82, 2.24) is 19.9 Å². The number of likely N-dealkylation sites (tertiary alicyclic amines) is 1. The molecule has 1 saturated heterocycles. The highest BCUT2D eigenvalue weighted by atomic mass is 19.1. The Labute approximate surface area is 195 Å². The van der Waals surface area contributed by atoms with E-state index in [9.17, 15) is 14.0 Å². The van der Waals surface area contributed by atoms with Gasteiger partial charge in [0, 0.05) is 31.1 Å². The molecule has 0 bridgehead atoms. The number of hydrogen-bond acceptors (Lipinski definition) is 5. The summed E-state index contributed by atoms with van der Waals surface area (Å²) in [5.74, 6) is 0.928. The second kappa shape index (κ2) is 9.43. The van der Waals surface area contributed by atoms with E-state index < -0.39 is 0 Å². The van der Waals surface area contributed by atoms with E-state index in [1.165, 1.54) is 18.2 Å². The first kappa shape index (κ1) is 21.8. The zero-order valence-corrected chi connectivity index (χ0v) is 18.4. The summed E-state index contributed by atoms with van der Waals surface area (Å²) in [6.07, 6.45) is 3.72. The van der Waals surface area contributed by atoms with E-state index in [4.69, 9.17) is 4.42 Å². The van der Waals surface area contributed by atoms with E-state index in [-0.39, 0.29) is 28.9 Å². The quantitative estimate of drug-likeness (QED) is 0.485. The molecule has 0 spiro atoms. The molecule has 1 N–H and O–H groups in total. The van der Waals surface area contributed by atoms with E-state index in [1.807, 2.05) is 36.4 Å². The van der Waals surface area contributed by atoms with E-state index in [0.717, 1.165) is 24.0 Å². The van der Waals surface area contributed by atoms with Crippen LogP contribution in [0.3, 0.4) is 0 Å². The van der Waals surface area contributed by atoms with Crippen molar-refractivity contribution in [2.45, 2.75) is 25.2 Å². The number of benzene rings is 2. The lowest BCUT2D eigenvalue weighted by Gasteiger charge is -2.31. The van der Waals surface area contributed by atoms with Gasteiger partial charge in [0.2, 0.25) is 0 Å². The third-order valence-corrected chi connectivity index (χ3v) is 5.90. The summed E-state index contributed by atoms with van der Waals surface area (Å²) in [5.41, 5.74) is 1.28. The Morgan fingerprint density at radius 2 is 2.00 bits per heavy atom. The normalized spacial score (nSPS) is 15.9. The summed E-state index contributed by atoms with van der Waals surface area (Å²) >= 11 is 0. The van der Waals surface area contributed by atoms with Gasteiger partial charge in [0.1, 0.15) is 23.1 Å². The van der Waals surface area contributed by atoms with E-state index in [0.29, 0.717) is 37.0 Å². The van der Waals surface area contributed by atoms with Crippen molar-refractivity contribution < 1.29 is 13.6 Å². The lowest BCUT2D eigenvalue weighted by molar-refractivity contribution is 0.0691. The van der Waals surface area contributed by atoms with E-state index in [1.54, 1.807) is 17.2 Å². The molecule has 2 aromatic carbocycles. The second-order valence-electron chi connectivity index (χ2n) is 8.41. The predicted molar refractivity (Wildman–Crippen MR) is 124 cm³/mol. The molecule has 3 heterocycles. The Morgan fingerprint density at radius 3 is 2.82 bits per heavy atom. The van der Waals surface area contributed by atoms with Crippen LogP contribution in [0.1, 0.15) is 46.5 Å². The highest BCUT2D eigenvalue weighted by Crippen LogP contribution is 2.28. The fourth-order valence-corrected chi connectivity index (χ4v) is 4.27. The third-order valence-electron chi connectivity index (χ3n) is 5.90. The molecule has 8 heteroatoms. The van der Waals surface area contributed by atoms with Crippen molar-refractivity contribution in [3.05, 3.63) is 106 Å². The monoisotopic (exact) mass is 458 g/mol. The van der Waals surface area contributed by atoms with Gasteiger partial charge < -0.3 is 14.3 Å². The fourth-order valence-electron chi connectivity index (χ4n) is 4.27. The molecule has 34 heavy (non-hydrogen) atoms. The first-order valence-electron chi connectivity index (χ1n) is 11.2. The van der Waals surface area contributed by atoms with Gasteiger partial charge in [-0.3, -0.25) is 9.59 Å². The van der Waals surface area contributed by atoms with Crippen LogP contribution in [0.25, 0.3) is 11.4 Å². The predicted octanol–water partition coefficient (Wildman–Crippen LogP) is 4.17. The maximum absolute atomic E-state index is 13.5. The molecular formula is C26H23FN4O3. The topological polar surface area (TPSA) is 92.1 Å². The number of rotatable bonds is 5. The highest BCUT2D eigenvalue weighted by Gasteiger charge is 2.29. The van der Waals surface area contributed by atoms with Gasteiger partial charge in [-0.2, -0.15) is 0 Å². The number of aromatic amines is 1. The van der Waals surface area contributed by atoms with E-state index >= 15 is 0 Å². The summed E-state index contributed by atoms with van der Waals surface area (Å²) in [6, 6.07) is 16.8. The zero-order valence-electron chi connectivity index (χ0n) is 18.4. The lowest BCUT2D eigenvalue weighted by atomic mass is 9.97. The van der Waals surface area contributed by atoms with E-state index in [2.05, 4.69) is 15.0 Å². The number of oxazole rings is 1. The van der Waals surface area contributed by atoms with Gasteiger partial charge in [-0.15, -0.1) is 0 Å². The minimum absolute atomic E-state index is 0.0606. The molecule has 172 valence electrons. The van der Waals surface area contributed by atoms with Crippen molar-refractivity contribution >= 4 is 5.91 Å². The molecule has 0 unspecified atom stereocenters. The number of carbonyl (C=O) groups is 1. The number of nitrogens with one attached hydrogen (secondary N) is 1. The smallest absolute Gasteiger partial charge is 0.272 e. The average Bonchev–Trinajstić information content (AvgIpc) is 3.32. The minimum atomic E-state index is -0.375. The van der Waals surface area contributed by atoms with Gasteiger partial charge >= 0.3 is 0 Å². The number of carbonyl (C=O) groups excluding carboxylic acids is 1. The molecule has 1 amide bonds. The van der Waals surface area contributed by atoms with Crippen molar-refractivity contribution in [2.75, 3.05) is 13.1 Å². The summed E-state index contributed by atoms with van der Waals surface area (Å²) < 4.78 is 19.4. The number of halogens is 1. The van der Waals surface area contributed by atoms with Gasteiger partial charge in [-0.1, -0.05) is 42.5 Å². The molecular weight excluding hydrogens is 435 g/mol. The maximum Gasteiger partial charge on any atom is 0.272 e. The fraction of sp³-hybridized carbons (Fsp3) is 0.231. The Kier molecular flexibility index (Phi) is 6.03. The van der Waals surface area contributed by atoms with Crippen molar-refractivity contribution in [1.29, 1.82) is 0 Å². The summed E-state index contributed by atoms with van der Waals surface area (Å²) in [4.78, 5) is 38.7. The highest BCUT2D eigenvalue weighted by molar-refractivity contribution is 5.92. The molecule has 1 aliphatic rings. The molecule has 0 radical (unpaired) electrons. The van der Waals surface area contributed by atoms with Crippen LogP contribution in [0, 0.1) is 5.82 Å². The van der Waals surface area contributed by atoms with Crippen molar-refractivity contribution in [3.8, 4) is 11.4 Å². The maximum atomic E-state index is 13.5. The summed E-state index contributed by atoms with van der Waals surface area (Å²) in [5, 5.41) is 0. The first-order chi connectivity index (χ1) is 16.5. The number of piperidine rings is 1. The first-order valence-corrected chi connectivity index (χ1v) is 11.2. The lowest BCUT2D eigenvalue weighted by Crippen LogP contribution is -2.40. The molecule has 5 rings (SSSR count). The molecule has 1 atom stereocenters. The molecule has 1 aliphatic heterocycles. The van der Waals surface area contributed by atoms with Crippen LogP contribution in [0.2, 0.25) is 0 Å². The van der Waals surface area contributed by atoms with Gasteiger partial charge in [-0.25, -0.2) is 14.4 Å².